The van der Waals surface area contributed by atoms with E-state index in [4.69, 9.17) is 11.6 Å². The minimum absolute atomic E-state index is 0.0761. The lowest BCUT2D eigenvalue weighted by Crippen LogP contribution is -2.24. The molecular formula is C18H13BrClNO3. The van der Waals surface area contributed by atoms with Gasteiger partial charge in [0.15, 0.2) is 0 Å². The van der Waals surface area contributed by atoms with E-state index < -0.39 is 17.7 Å². The fourth-order valence-corrected chi connectivity index (χ4v) is 3.14. The first-order valence-corrected chi connectivity index (χ1v) is 8.33. The molecule has 2 aromatic rings. The molecule has 2 aromatic carbocycles. The van der Waals surface area contributed by atoms with Crippen LogP contribution in [0.15, 0.2) is 58.6 Å². The third-order valence-electron chi connectivity index (χ3n) is 3.98. The van der Waals surface area contributed by atoms with Crippen molar-refractivity contribution in [2.24, 2.45) is 0 Å². The maximum Gasteiger partial charge on any atom is 0.295 e. The third-order valence-corrected chi connectivity index (χ3v) is 4.76. The van der Waals surface area contributed by atoms with Crippen molar-refractivity contribution in [2.45, 2.75) is 6.04 Å². The van der Waals surface area contributed by atoms with E-state index in [9.17, 15) is 14.7 Å². The minimum Gasteiger partial charge on any atom is -0.507 e. The Morgan fingerprint density at radius 1 is 1.08 bits per heavy atom. The maximum absolute atomic E-state index is 12.4. The molecule has 4 nitrogen and oxygen atoms in total. The quantitative estimate of drug-likeness (QED) is 0.463. The van der Waals surface area contributed by atoms with Crippen molar-refractivity contribution < 1.29 is 14.7 Å². The van der Waals surface area contributed by atoms with Gasteiger partial charge >= 0.3 is 0 Å². The summed E-state index contributed by atoms with van der Waals surface area (Å²) >= 11 is 9.23. The number of aliphatic hydroxyl groups excluding tert-OH is 1. The summed E-state index contributed by atoms with van der Waals surface area (Å²) in [4.78, 5) is 25.9. The van der Waals surface area contributed by atoms with Crippen LogP contribution in [-0.2, 0) is 9.59 Å². The van der Waals surface area contributed by atoms with Crippen molar-refractivity contribution >= 4 is 45.0 Å². The average Bonchev–Trinajstić information content (AvgIpc) is 2.80. The van der Waals surface area contributed by atoms with E-state index in [0.717, 1.165) is 4.47 Å². The number of rotatable bonds is 2. The van der Waals surface area contributed by atoms with Gasteiger partial charge in [-0.3, -0.25) is 9.59 Å². The zero-order valence-corrected chi connectivity index (χ0v) is 15.0. The molecule has 1 N–H and O–H groups in total. The molecule has 0 aromatic heterocycles. The van der Waals surface area contributed by atoms with Crippen molar-refractivity contribution in [3.05, 3.63) is 74.7 Å². The van der Waals surface area contributed by atoms with Crippen LogP contribution in [0.5, 0.6) is 0 Å². The molecule has 122 valence electrons. The lowest BCUT2D eigenvalue weighted by atomic mass is 9.95. The topological polar surface area (TPSA) is 57.6 Å². The van der Waals surface area contributed by atoms with E-state index in [0.29, 0.717) is 16.1 Å². The van der Waals surface area contributed by atoms with E-state index in [1.807, 2.05) is 0 Å². The molecule has 6 heteroatoms. The van der Waals surface area contributed by atoms with E-state index in [1.165, 1.54) is 4.90 Å². The molecule has 24 heavy (non-hydrogen) atoms. The molecule has 0 aliphatic carbocycles. The van der Waals surface area contributed by atoms with Crippen LogP contribution in [-0.4, -0.2) is 28.7 Å². The zero-order chi connectivity index (χ0) is 17.4. The molecule has 1 heterocycles. The Morgan fingerprint density at radius 2 is 1.67 bits per heavy atom. The summed E-state index contributed by atoms with van der Waals surface area (Å²) in [5.74, 6) is -1.53. The summed E-state index contributed by atoms with van der Waals surface area (Å²) in [6.07, 6.45) is 0. The molecule has 0 radical (unpaired) electrons. The summed E-state index contributed by atoms with van der Waals surface area (Å²) in [5.41, 5.74) is 1.26. The number of hydrogen-bond acceptors (Lipinski definition) is 3. The molecular weight excluding hydrogens is 394 g/mol. The molecule has 1 saturated heterocycles. The lowest BCUT2D eigenvalue weighted by molar-refractivity contribution is -0.139. The first-order valence-electron chi connectivity index (χ1n) is 7.16. The Labute approximate surface area is 152 Å². The number of likely N-dealkylation sites (tertiary alicyclic amines) is 1. The average molecular weight is 407 g/mol. The van der Waals surface area contributed by atoms with Gasteiger partial charge in [0.2, 0.25) is 0 Å². The van der Waals surface area contributed by atoms with Gasteiger partial charge < -0.3 is 10.0 Å². The number of halogens is 2. The first kappa shape index (κ1) is 16.7. The normalized spacial score (nSPS) is 19.8. The second kappa shape index (κ2) is 6.42. The Bertz CT molecular complexity index is 844. The molecule has 1 atom stereocenters. The number of ketones is 1. The molecule has 0 saturated carbocycles. The van der Waals surface area contributed by atoms with Crippen LogP contribution in [0.4, 0.5) is 0 Å². The molecule has 3 rings (SSSR count). The van der Waals surface area contributed by atoms with Gasteiger partial charge in [0.1, 0.15) is 5.76 Å². The Morgan fingerprint density at radius 3 is 2.25 bits per heavy atom. The summed E-state index contributed by atoms with van der Waals surface area (Å²) in [7, 11) is 1.54. The summed E-state index contributed by atoms with van der Waals surface area (Å²) < 4.78 is 0.851. The number of amides is 1. The van der Waals surface area contributed by atoms with Gasteiger partial charge in [-0.05, 0) is 29.8 Å². The number of carbonyl (C=O) groups is 2. The zero-order valence-electron chi connectivity index (χ0n) is 12.7. The molecule has 0 spiro atoms. The highest BCUT2D eigenvalue weighted by Gasteiger charge is 2.44. The lowest BCUT2D eigenvalue weighted by Gasteiger charge is -2.21. The summed E-state index contributed by atoms with van der Waals surface area (Å²) in [6.45, 7) is 0. The number of likely N-dealkylation sites (N-methyl/N-ethyl adjacent to an activating group) is 1. The van der Waals surface area contributed by atoms with Crippen molar-refractivity contribution in [3.63, 3.8) is 0 Å². The second-order valence-electron chi connectivity index (χ2n) is 5.47. The number of carbonyl (C=O) groups excluding carboxylic acids is 2. The second-order valence-corrected chi connectivity index (χ2v) is 6.82. The SMILES string of the molecule is CN1C(=O)C(=O)/C(=C(\O)c2ccc(Br)cc2)C1c1ccc(Cl)cc1. The molecule has 1 unspecified atom stereocenters. The van der Waals surface area contributed by atoms with E-state index in [1.54, 1.807) is 55.6 Å². The fourth-order valence-electron chi connectivity index (χ4n) is 2.75. The monoisotopic (exact) mass is 405 g/mol. The predicted octanol–water partition coefficient (Wildman–Crippen LogP) is 4.15. The van der Waals surface area contributed by atoms with Crippen molar-refractivity contribution in [1.82, 2.24) is 4.90 Å². The number of Topliss-reactive ketones (excluding diaryl/α,β-unsaturated/α-hetero) is 1. The van der Waals surface area contributed by atoms with E-state index in [2.05, 4.69) is 15.9 Å². The molecule has 1 fully saturated rings. The Balaban J connectivity index is 2.16. The van der Waals surface area contributed by atoms with Crippen molar-refractivity contribution in [1.29, 1.82) is 0 Å². The summed E-state index contributed by atoms with van der Waals surface area (Å²) in [5, 5.41) is 11.2. The maximum atomic E-state index is 12.4. The van der Waals surface area contributed by atoms with Gasteiger partial charge in [-0.15, -0.1) is 0 Å². The van der Waals surface area contributed by atoms with Gasteiger partial charge in [-0.1, -0.05) is 51.8 Å². The van der Waals surface area contributed by atoms with Crippen LogP contribution < -0.4 is 0 Å². The van der Waals surface area contributed by atoms with Crippen LogP contribution >= 0.6 is 27.5 Å². The van der Waals surface area contributed by atoms with Gasteiger partial charge in [-0.2, -0.15) is 0 Å². The standard InChI is InChI=1S/C18H13BrClNO3/c1-21-15(10-4-8-13(20)9-5-10)14(17(23)18(21)24)16(22)11-2-6-12(19)7-3-11/h2-9,15,22H,1H3/b16-14-. The Kier molecular flexibility index (Phi) is 4.47. The Hall–Kier alpha value is -2.11. The highest BCUT2D eigenvalue weighted by Crippen LogP contribution is 2.38. The first-order chi connectivity index (χ1) is 11.4. The van der Waals surface area contributed by atoms with Crippen LogP contribution in [0.3, 0.4) is 0 Å². The van der Waals surface area contributed by atoms with Crippen LogP contribution in [0, 0.1) is 0 Å². The van der Waals surface area contributed by atoms with Crippen LogP contribution in [0.1, 0.15) is 17.2 Å². The van der Waals surface area contributed by atoms with Gasteiger partial charge in [0, 0.05) is 22.1 Å². The smallest absolute Gasteiger partial charge is 0.295 e. The number of hydrogen-bond donors (Lipinski definition) is 1. The van der Waals surface area contributed by atoms with E-state index in [-0.39, 0.29) is 11.3 Å². The highest BCUT2D eigenvalue weighted by atomic mass is 79.9. The van der Waals surface area contributed by atoms with Gasteiger partial charge in [0.05, 0.1) is 11.6 Å². The third kappa shape index (κ3) is 2.85. The number of aliphatic hydroxyl groups is 1. The van der Waals surface area contributed by atoms with Gasteiger partial charge in [0.25, 0.3) is 11.7 Å². The molecule has 0 bridgehead atoms. The predicted molar refractivity (Wildman–Crippen MR) is 95.7 cm³/mol. The summed E-state index contributed by atoms with van der Waals surface area (Å²) in [6, 6.07) is 13.1. The minimum atomic E-state index is -0.696. The number of benzene rings is 2. The van der Waals surface area contributed by atoms with Crippen LogP contribution in [0.25, 0.3) is 5.76 Å². The highest BCUT2D eigenvalue weighted by molar-refractivity contribution is 9.10. The molecule has 1 amide bonds. The van der Waals surface area contributed by atoms with Gasteiger partial charge in [-0.25, -0.2) is 0 Å². The van der Waals surface area contributed by atoms with Crippen molar-refractivity contribution in [3.8, 4) is 0 Å². The van der Waals surface area contributed by atoms with E-state index >= 15 is 0 Å². The number of nitrogens with zero attached hydrogens (tertiary/aromatic N) is 1. The van der Waals surface area contributed by atoms with Crippen molar-refractivity contribution in [2.75, 3.05) is 7.05 Å². The molecule has 1 aliphatic heterocycles. The largest absolute Gasteiger partial charge is 0.507 e. The fraction of sp³-hybridized carbons (Fsp3) is 0.111. The van der Waals surface area contributed by atoms with Crippen LogP contribution in [0.2, 0.25) is 5.02 Å². The molecule has 1 aliphatic rings.